The van der Waals surface area contributed by atoms with Crippen LogP contribution in [0.5, 0.6) is 0 Å². The number of amides is 1. The molecular formula is C25H27FN8O. The van der Waals surface area contributed by atoms with Gasteiger partial charge in [-0.15, -0.1) is 0 Å². The second kappa shape index (κ2) is 9.49. The largest absolute Gasteiger partial charge is 0.346 e. The average Bonchev–Trinajstić information content (AvgIpc) is 3.46. The topological polar surface area (TPSA) is 115 Å². The van der Waals surface area contributed by atoms with E-state index in [0.29, 0.717) is 11.1 Å². The van der Waals surface area contributed by atoms with Gasteiger partial charge < -0.3 is 11.2 Å². The Bertz CT molecular complexity index is 1440. The maximum atomic E-state index is 15.1. The van der Waals surface area contributed by atoms with Crippen molar-refractivity contribution in [1.82, 2.24) is 24.7 Å². The molecule has 0 saturated heterocycles. The summed E-state index contributed by atoms with van der Waals surface area (Å²) in [5.41, 5.74) is 4.12. The lowest BCUT2D eigenvalue weighted by Gasteiger charge is -2.12. The van der Waals surface area contributed by atoms with Crippen LogP contribution in [-0.4, -0.2) is 42.8 Å². The molecule has 0 aliphatic carbocycles. The number of hydrogen-bond acceptors (Lipinski definition) is 6. The van der Waals surface area contributed by atoms with Crippen molar-refractivity contribution in [3.05, 3.63) is 66.5 Å². The molecule has 0 bridgehead atoms. The van der Waals surface area contributed by atoms with Crippen LogP contribution >= 0.6 is 0 Å². The zero-order chi connectivity index (χ0) is 25.2. The molecule has 3 aromatic heterocycles. The zero-order valence-electron chi connectivity index (χ0n) is 20.0. The van der Waals surface area contributed by atoms with E-state index in [2.05, 4.69) is 25.6 Å². The summed E-state index contributed by atoms with van der Waals surface area (Å²) >= 11 is 0. The van der Waals surface area contributed by atoms with Gasteiger partial charge in [-0.2, -0.15) is 15.3 Å². The van der Waals surface area contributed by atoms with Crippen LogP contribution in [0.1, 0.15) is 26.3 Å². The van der Waals surface area contributed by atoms with E-state index in [1.54, 1.807) is 27.7 Å². The average molecular weight is 475 g/mol. The van der Waals surface area contributed by atoms with Gasteiger partial charge in [0.15, 0.2) is 5.71 Å². The van der Waals surface area contributed by atoms with E-state index in [9.17, 15) is 4.79 Å². The van der Waals surface area contributed by atoms with Gasteiger partial charge in [0.05, 0.1) is 23.5 Å². The first-order chi connectivity index (χ1) is 16.6. The van der Waals surface area contributed by atoms with Crippen molar-refractivity contribution in [3.8, 4) is 22.3 Å². The smallest absolute Gasteiger partial charge is 0.273 e. The number of nitrogens with two attached hydrogens (primary N) is 1. The Hall–Kier alpha value is -4.34. The first kappa shape index (κ1) is 23.8. The number of pyridine rings is 1. The molecule has 0 fully saturated rings. The van der Waals surface area contributed by atoms with Crippen molar-refractivity contribution < 1.29 is 9.18 Å². The summed E-state index contributed by atoms with van der Waals surface area (Å²) in [7, 11) is 1.85. The van der Waals surface area contributed by atoms with Crippen LogP contribution < -0.4 is 11.2 Å². The van der Waals surface area contributed by atoms with Gasteiger partial charge in [-0.3, -0.25) is 14.5 Å². The predicted molar refractivity (Wildman–Crippen MR) is 135 cm³/mol. The molecule has 4 aromatic rings. The number of carbonyl (C=O) groups excluding carboxylic acids is 1. The minimum Gasteiger partial charge on any atom is -0.346 e. The molecule has 4 rings (SSSR count). The van der Waals surface area contributed by atoms with Gasteiger partial charge in [0, 0.05) is 54.4 Å². The molecule has 9 nitrogen and oxygen atoms in total. The third-order valence-electron chi connectivity index (χ3n) is 5.29. The highest BCUT2D eigenvalue weighted by molar-refractivity contribution is 6.60. The van der Waals surface area contributed by atoms with Crippen LogP contribution in [0.25, 0.3) is 27.8 Å². The number of hydrazone groups is 1. The van der Waals surface area contributed by atoms with Gasteiger partial charge in [-0.1, -0.05) is 12.1 Å². The maximum absolute atomic E-state index is 15.1. The summed E-state index contributed by atoms with van der Waals surface area (Å²) in [6.45, 7) is 5.63. The summed E-state index contributed by atoms with van der Waals surface area (Å²) in [6, 6.07) is 8.79. The molecule has 180 valence electrons. The molecule has 0 aliphatic heterocycles. The fraction of sp³-hybridized carbons (Fsp3) is 0.240. The van der Waals surface area contributed by atoms with Crippen molar-refractivity contribution in [2.75, 3.05) is 0 Å². The number of rotatable bonds is 6. The zero-order valence-corrected chi connectivity index (χ0v) is 20.0. The van der Waals surface area contributed by atoms with Gasteiger partial charge in [0.1, 0.15) is 5.82 Å². The molecule has 3 heterocycles. The summed E-state index contributed by atoms with van der Waals surface area (Å²) in [5.74, 6) is 4.35. The second-order valence-electron chi connectivity index (χ2n) is 9.14. The van der Waals surface area contributed by atoms with E-state index in [4.69, 9.17) is 5.84 Å². The van der Waals surface area contributed by atoms with Gasteiger partial charge in [-0.25, -0.2) is 8.91 Å². The molecular weight excluding hydrogens is 447 g/mol. The molecule has 1 amide bonds. The standard InChI is InChI=1S/C25H27FN8O/c1-25(2,3)29-13-22(32-27)24(35)28-11-17-6-5-16(10-21(17)26)20-9-18(19-12-31-33(4)14-19)15-34-23(20)7-8-30-34/h5-10,12-15H,11,27H2,1-4H3,(H,28,35). The Balaban J connectivity index is 1.58. The number of nitrogens with one attached hydrogen (secondary N) is 1. The first-order valence-electron chi connectivity index (χ1n) is 11.0. The summed E-state index contributed by atoms with van der Waals surface area (Å²) in [4.78, 5) is 16.6. The first-order valence-corrected chi connectivity index (χ1v) is 11.0. The van der Waals surface area contributed by atoms with Gasteiger partial charge in [0.25, 0.3) is 5.91 Å². The van der Waals surface area contributed by atoms with Crippen LogP contribution in [-0.2, 0) is 18.4 Å². The third-order valence-corrected chi connectivity index (χ3v) is 5.29. The summed E-state index contributed by atoms with van der Waals surface area (Å²) in [6.07, 6.45) is 8.61. The molecule has 1 aromatic carbocycles. The predicted octanol–water partition coefficient (Wildman–Crippen LogP) is 3.34. The normalized spacial score (nSPS) is 12.5. The van der Waals surface area contributed by atoms with Crippen molar-refractivity contribution in [2.24, 2.45) is 23.0 Å². The SMILES string of the molecule is Cn1cc(-c2cc(-c3ccc(CNC(=O)C(C=NC(C)(C)C)=NN)c(F)c3)c3ccnn3c2)cn1. The van der Waals surface area contributed by atoms with Gasteiger partial charge >= 0.3 is 0 Å². The van der Waals surface area contributed by atoms with Gasteiger partial charge in [-0.05, 0) is 44.5 Å². The minimum atomic E-state index is -0.533. The van der Waals surface area contributed by atoms with E-state index >= 15 is 4.39 Å². The Morgan fingerprint density at radius 1 is 1.14 bits per heavy atom. The van der Waals surface area contributed by atoms with E-state index in [1.807, 2.05) is 58.4 Å². The minimum absolute atomic E-state index is 0.0227. The highest BCUT2D eigenvalue weighted by Gasteiger charge is 2.15. The van der Waals surface area contributed by atoms with Crippen molar-refractivity contribution in [1.29, 1.82) is 0 Å². The molecule has 0 unspecified atom stereocenters. The number of aromatic nitrogens is 4. The lowest BCUT2D eigenvalue weighted by molar-refractivity contribution is -0.114. The highest BCUT2D eigenvalue weighted by atomic mass is 19.1. The Morgan fingerprint density at radius 3 is 2.60 bits per heavy atom. The fourth-order valence-electron chi connectivity index (χ4n) is 3.52. The van der Waals surface area contributed by atoms with Crippen molar-refractivity contribution in [3.63, 3.8) is 0 Å². The molecule has 0 radical (unpaired) electrons. The Kier molecular flexibility index (Phi) is 6.46. The van der Waals surface area contributed by atoms with Crippen LogP contribution in [0.4, 0.5) is 4.39 Å². The van der Waals surface area contributed by atoms with Gasteiger partial charge in [0.2, 0.25) is 0 Å². The number of fused-ring (bicyclic) bond motifs is 1. The quantitative estimate of drug-likeness (QED) is 0.253. The van der Waals surface area contributed by atoms with E-state index < -0.39 is 11.7 Å². The van der Waals surface area contributed by atoms with E-state index in [1.165, 1.54) is 12.3 Å². The number of carbonyl (C=O) groups is 1. The molecule has 0 atom stereocenters. The van der Waals surface area contributed by atoms with Crippen LogP contribution in [0.2, 0.25) is 0 Å². The van der Waals surface area contributed by atoms with Crippen LogP contribution in [0.15, 0.2) is 65.2 Å². The number of aryl methyl sites for hydroxylation is 1. The second-order valence-corrected chi connectivity index (χ2v) is 9.14. The Labute approximate surface area is 202 Å². The molecule has 10 heteroatoms. The molecule has 0 saturated carbocycles. The fourth-order valence-corrected chi connectivity index (χ4v) is 3.52. The van der Waals surface area contributed by atoms with E-state index in [-0.39, 0.29) is 17.8 Å². The lowest BCUT2D eigenvalue weighted by Crippen LogP contribution is -2.33. The van der Waals surface area contributed by atoms with Crippen molar-refractivity contribution >= 4 is 23.4 Å². The maximum Gasteiger partial charge on any atom is 0.273 e. The van der Waals surface area contributed by atoms with Crippen molar-refractivity contribution in [2.45, 2.75) is 32.9 Å². The molecule has 35 heavy (non-hydrogen) atoms. The number of hydrogen-bond donors (Lipinski definition) is 2. The number of benzene rings is 1. The molecule has 0 aliphatic rings. The molecule has 0 spiro atoms. The molecule has 3 N–H and O–H groups in total. The van der Waals surface area contributed by atoms with E-state index in [0.717, 1.165) is 22.2 Å². The Morgan fingerprint density at radius 2 is 1.94 bits per heavy atom. The number of nitrogens with zero attached hydrogens (tertiary/aromatic N) is 6. The number of aliphatic imine (C=N–C) groups is 1. The highest BCUT2D eigenvalue weighted by Crippen LogP contribution is 2.31. The van der Waals surface area contributed by atoms with Crippen LogP contribution in [0, 0.1) is 5.82 Å². The summed E-state index contributed by atoms with van der Waals surface area (Å²) < 4.78 is 18.5. The lowest BCUT2D eigenvalue weighted by atomic mass is 10.00. The van der Waals surface area contributed by atoms with Crippen LogP contribution in [0.3, 0.4) is 0 Å². The monoisotopic (exact) mass is 474 g/mol. The summed E-state index contributed by atoms with van der Waals surface area (Å²) in [5, 5.41) is 14.7. The number of halogens is 1. The third kappa shape index (κ3) is 5.43.